The van der Waals surface area contributed by atoms with Gasteiger partial charge < -0.3 is 10.0 Å². The second kappa shape index (κ2) is 3.60. The van der Waals surface area contributed by atoms with Gasteiger partial charge in [-0.2, -0.15) is 13.2 Å². The van der Waals surface area contributed by atoms with Gasteiger partial charge in [-0.3, -0.25) is 0 Å². The van der Waals surface area contributed by atoms with E-state index in [1.807, 2.05) is 0 Å². The molecule has 0 radical (unpaired) electrons. The average Bonchev–Trinajstić information content (AvgIpc) is 2.12. The van der Waals surface area contributed by atoms with Gasteiger partial charge in [0.15, 0.2) is 0 Å². The van der Waals surface area contributed by atoms with E-state index in [1.165, 1.54) is 11.1 Å². The van der Waals surface area contributed by atoms with Gasteiger partial charge in [0.2, 0.25) is 0 Å². The third-order valence-corrected chi connectivity index (χ3v) is 2.67. The highest BCUT2D eigenvalue weighted by Crippen LogP contribution is 2.38. The summed E-state index contributed by atoms with van der Waals surface area (Å²) in [6, 6.07) is 1.08. The molecule has 2 heterocycles. The minimum atomic E-state index is -4.42. The molecule has 0 amide bonds. The molecule has 0 saturated carbocycles. The Balaban J connectivity index is 2.35. The average molecular weight is 246 g/mol. The monoisotopic (exact) mass is 246 g/mol. The van der Waals surface area contributed by atoms with Gasteiger partial charge in [0, 0.05) is 19.3 Å². The van der Waals surface area contributed by atoms with Crippen molar-refractivity contribution in [3.63, 3.8) is 0 Å². The molecule has 1 aliphatic rings. The zero-order valence-corrected chi connectivity index (χ0v) is 9.54. The van der Waals surface area contributed by atoms with Gasteiger partial charge in [0.05, 0.1) is 11.2 Å². The lowest BCUT2D eigenvalue weighted by atomic mass is 9.96. The lowest BCUT2D eigenvalue weighted by Gasteiger charge is -2.45. The molecule has 94 valence electrons. The van der Waals surface area contributed by atoms with Crippen molar-refractivity contribution in [2.75, 3.05) is 18.0 Å². The van der Waals surface area contributed by atoms with Crippen molar-refractivity contribution in [1.82, 2.24) is 4.98 Å². The Morgan fingerprint density at radius 2 is 2.00 bits per heavy atom. The van der Waals surface area contributed by atoms with Gasteiger partial charge in [0.1, 0.15) is 5.82 Å². The molecule has 17 heavy (non-hydrogen) atoms. The number of alkyl halides is 3. The number of anilines is 1. The first-order valence-electron chi connectivity index (χ1n) is 5.20. The maximum Gasteiger partial charge on any atom is 0.419 e. The first kappa shape index (κ1) is 12.2. The quantitative estimate of drug-likeness (QED) is 0.823. The second-order valence-electron chi connectivity index (χ2n) is 4.73. The van der Waals surface area contributed by atoms with Crippen molar-refractivity contribution in [2.24, 2.45) is 0 Å². The third-order valence-electron chi connectivity index (χ3n) is 2.67. The van der Waals surface area contributed by atoms with Gasteiger partial charge >= 0.3 is 6.18 Å². The molecular formula is C11H13F3N2O. The maximum absolute atomic E-state index is 12.8. The molecule has 1 aromatic heterocycles. The van der Waals surface area contributed by atoms with E-state index >= 15 is 0 Å². The fraction of sp³-hybridized carbons (Fsp3) is 0.545. The van der Waals surface area contributed by atoms with E-state index in [0.29, 0.717) is 5.56 Å². The predicted octanol–water partition coefficient (Wildman–Crippen LogP) is 1.98. The van der Waals surface area contributed by atoms with Crippen molar-refractivity contribution in [3.05, 3.63) is 23.4 Å². The molecule has 0 spiro atoms. The van der Waals surface area contributed by atoms with E-state index in [0.717, 1.165) is 6.07 Å². The Hall–Kier alpha value is -1.30. The first-order chi connectivity index (χ1) is 7.69. The van der Waals surface area contributed by atoms with Crippen LogP contribution in [0.4, 0.5) is 19.0 Å². The van der Waals surface area contributed by atoms with Crippen LogP contribution in [0.2, 0.25) is 0 Å². The van der Waals surface area contributed by atoms with Crippen molar-refractivity contribution in [3.8, 4) is 0 Å². The maximum atomic E-state index is 12.8. The van der Waals surface area contributed by atoms with Gasteiger partial charge in [-0.05, 0) is 25.5 Å². The van der Waals surface area contributed by atoms with E-state index in [1.54, 1.807) is 13.8 Å². The summed E-state index contributed by atoms with van der Waals surface area (Å²) >= 11 is 0. The zero-order chi connectivity index (χ0) is 12.8. The van der Waals surface area contributed by atoms with Crippen LogP contribution in [-0.2, 0) is 6.18 Å². The van der Waals surface area contributed by atoms with E-state index in [4.69, 9.17) is 0 Å². The summed E-state index contributed by atoms with van der Waals surface area (Å²) < 4.78 is 38.4. The number of hydrogen-bond acceptors (Lipinski definition) is 3. The topological polar surface area (TPSA) is 36.4 Å². The van der Waals surface area contributed by atoms with Crippen LogP contribution in [0.5, 0.6) is 0 Å². The molecule has 0 bridgehead atoms. The van der Waals surface area contributed by atoms with Crippen molar-refractivity contribution >= 4 is 5.82 Å². The van der Waals surface area contributed by atoms with Crippen LogP contribution in [0.15, 0.2) is 12.3 Å². The Labute approximate surface area is 96.9 Å². The molecule has 1 aromatic rings. The fourth-order valence-corrected chi connectivity index (χ4v) is 1.95. The Kier molecular flexibility index (Phi) is 2.57. The Morgan fingerprint density at radius 3 is 2.47 bits per heavy atom. The van der Waals surface area contributed by atoms with Crippen molar-refractivity contribution in [1.29, 1.82) is 0 Å². The second-order valence-corrected chi connectivity index (χ2v) is 4.73. The highest BCUT2D eigenvalue weighted by molar-refractivity contribution is 5.52. The SMILES string of the molecule is Cc1cnc(N2CC(C)(O)C2)c(C(F)(F)F)c1. The van der Waals surface area contributed by atoms with Crippen LogP contribution in [0.3, 0.4) is 0 Å². The molecule has 6 heteroatoms. The summed E-state index contributed by atoms with van der Waals surface area (Å²) in [6.45, 7) is 3.50. The number of aliphatic hydroxyl groups is 1. The highest BCUT2D eigenvalue weighted by atomic mass is 19.4. The lowest BCUT2D eigenvalue weighted by Crippen LogP contribution is -2.60. The largest absolute Gasteiger partial charge is 0.419 e. The predicted molar refractivity (Wildman–Crippen MR) is 56.8 cm³/mol. The number of pyridine rings is 1. The van der Waals surface area contributed by atoms with Gasteiger partial charge in [-0.25, -0.2) is 4.98 Å². The molecule has 2 rings (SSSR count). The molecule has 1 aliphatic heterocycles. The van der Waals surface area contributed by atoms with Crippen molar-refractivity contribution in [2.45, 2.75) is 25.6 Å². The summed E-state index contributed by atoms with van der Waals surface area (Å²) in [7, 11) is 0. The molecule has 0 aromatic carbocycles. The van der Waals surface area contributed by atoms with Gasteiger partial charge in [-0.15, -0.1) is 0 Å². The highest BCUT2D eigenvalue weighted by Gasteiger charge is 2.42. The molecule has 0 atom stereocenters. The number of rotatable bonds is 1. The van der Waals surface area contributed by atoms with Crippen LogP contribution in [0.25, 0.3) is 0 Å². The summed E-state index contributed by atoms with van der Waals surface area (Å²) in [4.78, 5) is 5.26. The molecule has 1 fully saturated rings. The number of aromatic nitrogens is 1. The summed E-state index contributed by atoms with van der Waals surface area (Å²) in [5, 5.41) is 9.54. The third kappa shape index (κ3) is 2.36. The van der Waals surface area contributed by atoms with E-state index < -0.39 is 17.3 Å². The van der Waals surface area contributed by atoms with Crippen LogP contribution in [0.1, 0.15) is 18.1 Å². The molecule has 1 saturated heterocycles. The fourth-order valence-electron chi connectivity index (χ4n) is 1.95. The van der Waals surface area contributed by atoms with Crippen LogP contribution in [-0.4, -0.2) is 28.8 Å². The zero-order valence-electron chi connectivity index (χ0n) is 9.54. The Morgan fingerprint density at radius 1 is 1.41 bits per heavy atom. The van der Waals surface area contributed by atoms with Gasteiger partial charge in [0.25, 0.3) is 0 Å². The van der Waals surface area contributed by atoms with Crippen LogP contribution >= 0.6 is 0 Å². The minimum absolute atomic E-state index is 0.102. The van der Waals surface area contributed by atoms with Crippen LogP contribution in [0, 0.1) is 6.92 Å². The first-order valence-corrected chi connectivity index (χ1v) is 5.20. The number of β-amino-alcohol motifs (C(OH)–C–C–N with tert-alkyl or cyclic N) is 1. The van der Waals surface area contributed by atoms with Crippen molar-refractivity contribution < 1.29 is 18.3 Å². The Bertz CT molecular complexity index is 435. The molecule has 0 aliphatic carbocycles. The lowest BCUT2D eigenvalue weighted by molar-refractivity contribution is -0.137. The van der Waals surface area contributed by atoms with E-state index in [9.17, 15) is 18.3 Å². The van der Waals surface area contributed by atoms with E-state index in [-0.39, 0.29) is 18.9 Å². The smallest absolute Gasteiger partial charge is 0.386 e. The molecule has 0 unspecified atom stereocenters. The van der Waals surface area contributed by atoms with Gasteiger partial charge in [-0.1, -0.05) is 0 Å². The van der Waals surface area contributed by atoms with E-state index in [2.05, 4.69) is 4.98 Å². The summed E-state index contributed by atoms with van der Waals surface area (Å²) in [6.07, 6.45) is -3.02. The molecule has 1 N–H and O–H groups in total. The minimum Gasteiger partial charge on any atom is -0.386 e. The summed E-state index contributed by atoms with van der Waals surface area (Å²) in [5.74, 6) is -0.102. The summed E-state index contributed by atoms with van der Waals surface area (Å²) in [5.41, 5.74) is -1.20. The van der Waals surface area contributed by atoms with Crippen LogP contribution < -0.4 is 4.90 Å². The number of hydrogen-bond donors (Lipinski definition) is 1. The standard InChI is InChI=1S/C11H13F3N2O/c1-7-3-8(11(12,13)14)9(15-4-7)16-5-10(2,17)6-16/h3-4,17H,5-6H2,1-2H3. The molecular weight excluding hydrogens is 233 g/mol. The normalized spacial score (nSPS) is 19.1. The molecule has 3 nitrogen and oxygen atoms in total. The number of nitrogens with zero attached hydrogens (tertiary/aromatic N) is 2. The number of halogens is 3. The number of aryl methyl sites for hydroxylation is 1.